The van der Waals surface area contributed by atoms with E-state index in [1.165, 1.54) is 0 Å². The second kappa shape index (κ2) is 39.4. The van der Waals surface area contributed by atoms with Crippen LogP contribution in [-0.4, -0.2) is 170 Å². The van der Waals surface area contributed by atoms with Crippen molar-refractivity contribution in [3.8, 4) is 0 Å². The highest BCUT2D eigenvalue weighted by atomic mass is 35.5. The first kappa shape index (κ1) is 47.2. The number of unbranched alkanes of at least 4 members (excludes halogenated alkanes) is 3. The average molecular weight is 753 g/mol. The Bertz CT molecular complexity index is 883. The summed E-state index contributed by atoms with van der Waals surface area (Å²) in [6.45, 7) is 10.7. The molecule has 296 valence electrons. The predicted molar refractivity (Wildman–Crippen MR) is 190 cm³/mol. The molecule has 0 aliphatic carbocycles. The lowest BCUT2D eigenvalue weighted by molar-refractivity contribution is -0.139. The molecule has 1 aromatic rings. The van der Waals surface area contributed by atoms with Gasteiger partial charge < -0.3 is 56.8 Å². The first-order valence-electron chi connectivity index (χ1n) is 17.9. The van der Waals surface area contributed by atoms with E-state index in [1.807, 2.05) is 0 Å². The van der Waals surface area contributed by atoms with Gasteiger partial charge in [0.1, 0.15) is 6.61 Å². The number of halogens is 1. The van der Waals surface area contributed by atoms with Gasteiger partial charge in [-0.2, -0.15) is 0 Å². The van der Waals surface area contributed by atoms with Gasteiger partial charge >= 0.3 is 5.97 Å². The number of carbonyl (C=O) groups excluding carboxylic acids is 2. The number of alkyl halides is 1. The van der Waals surface area contributed by atoms with E-state index in [1.54, 1.807) is 30.3 Å². The maximum absolute atomic E-state index is 11.9. The second-order valence-corrected chi connectivity index (χ2v) is 11.0. The van der Waals surface area contributed by atoms with Crippen LogP contribution in [-0.2, 0) is 61.6 Å². The highest BCUT2D eigenvalue weighted by molar-refractivity contribution is 6.40. The molecule has 0 saturated carbocycles. The SMILES string of the molecule is O=C(OCCOCCOCCOCCOCCOCCOCCOCCOCCOCCOCCOCCCCCCCl)C(=O)c1ccccc1. The molecule has 0 fully saturated rings. The van der Waals surface area contributed by atoms with Crippen molar-refractivity contribution in [3.05, 3.63) is 35.9 Å². The molecule has 0 heterocycles. The van der Waals surface area contributed by atoms with Gasteiger partial charge in [0.25, 0.3) is 5.78 Å². The third-order valence-electron chi connectivity index (χ3n) is 6.57. The summed E-state index contributed by atoms with van der Waals surface area (Å²) in [5.74, 6) is -0.836. The fourth-order valence-electron chi connectivity index (χ4n) is 3.92. The summed E-state index contributed by atoms with van der Waals surface area (Å²) in [5.41, 5.74) is 0.295. The van der Waals surface area contributed by atoms with Gasteiger partial charge in [0.05, 0.1) is 139 Å². The lowest BCUT2D eigenvalue weighted by atomic mass is 10.1. The minimum absolute atomic E-state index is 0.00321. The third kappa shape index (κ3) is 33.8. The summed E-state index contributed by atoms with van der Waals surface area (Å²) in [7, 11) is 0. The highest BCUT2D eigenvalue weighted by Gasteiger charge is 2.17. The molecule has 0 atom stereocenters. The van der Waals surface area contributed by atoms with Crippen LogP contribution < -0.4 is 0 Å². The monoisotopic (exact) mass is 752 g/mol. The number of hydrogen-bond donors (Lipinski definition) is 0. The Morgan fingerprint density at radius 3 is 1.00 bits per heavy atom. The number of ketones is 1. The maximum atomic E-state index is 11.9. The average Bonchev–Trinajstić information content (AvgIpc) is 3.15. The Morgan fingerprint density at radius 1 is 0.373 bits per heavy atom. The van der Waals surface area contributed by atoms with Crippen LogP contribution >= 0.6 is 11.6 Å². The van der Waals surface area contributed by atoms with Crippen molar-refractivity contribution in [2.24, 2.45) is 0 Å². The van der Waals surface area contributed by atoms with Crippen LogP contribution in [0.25, 0.3) is 0 Å². The molecular formula is C36H61ClO14. The van der Waals surface area contributed by atoms with Crippen LogP contribution in [0.4, 0.5) is 0 Å². The number of esters is 1. The van der Waals surface area contributed by atoms with Crippen LogP contribution in [0.15, 0.2) is 30.3 Å². The van der Waals surface area contributed by atoms with Crippen LogP contribution in [0.5, 0.6) is 0 Å². The molecule has 0 aliphatic rings. The largest absolute Gasteiger partial charge is 0.457 e. The molecule has 0 unspecified atom stereocenters. The van der Waals surface area contributed by atoms with Crippen LogP contribution in [0.1, 0.15) is 36.0 Å². The van der Waals surface area contributed by atoms with Gasteiger partial charge in [-0.3, -0.25) is 4.79 Å². The minimum atomic E-state index is -0.897. The smallest absolute Gasteiger partial charge is 0.379 e. The van der Waals surface area contributed by atoms with Gasteiger partial charge in [0.15, 0.2) is 0 Å². The summed E-state index contributed by atoms with van der Waals surface area (Å²) >= 11 is 5.65. The lowest BCUT2D eigenvalue weighted by Crippen LogP contribution is -2.20. The molecule has 0 radical (unpaired) electrons. The zero-order valence-electron chi connectivity index (χ0n) is 30.3. The standard InChI is InChI=1S/C36H61ClO14/c37-10-6-1-2-7-11-40-12-13-41-14-15-42-16-17-43-18-19-44-20-21-45-22-23-46-24-25-47-26-27-48-28-29-49-30-31-50-32-33-51-36(39)35(38)34-8-4-3-5-9-34/h3-5,8-9H,1-2,6-7,10-33H2. The van der Waals surface area contributed by atoms with Crippen molar-refractivity contribution in [2.75, 3.05) is 158 Å². The predicted octanol–water partition coefficient (Wildman–Crippen LogP) is 3.39. The molecule has 1 rings (SSSR count). The van der Waals surface area contributed by atoms with Crippen molar-refractivity contribution in [3.63, 3.8) is 0 Å². The number of ether oxygens (including phenoxy) is 12. The van der Waals surface area contributed by atoms with Crippen LogP contribution in [0, 0.1) is 0 Å². The summed E-state index contributed by atoms with van der Waals surface area (Å²) < 4.78 is 65.0. The van der Waals surface area contributed by atoms with Gasteiger partial charge in [-0.15, -0.1) is 11.6 Å². The van der Waals surface area contributed by atoms with Crippen LogP contribution in [0.2, 0.25) is 0 Å². The molecule has 0 spiro atoms. The van der Waals surface area contributed by atoms with Crippen molar-refractivity contribution in [1.82, 2.24) is 0 Å². The van der Waals surface area contributed by atoms with Crippen molar-refractivity contribution in [2.45, 2.75) is 25.7 Å². The Balaban J connectivity index is 1.64. The number of rotatable bonds is 41. The quantitative estimate of drug-likeness (QED) is 0.0317. The fraction of sp³-hybridized carbons (Fsp3) is 0.778. The van der Waals surface area contributed by atoms with E-state index in [0.29, 0.717) is 138 Å². The first-order chi connectivity index (χ1) is 25.3. The second-order valence-electron chi connectivity index (χ2n) is 10.7. The normalized spacial score (nSPS) is 11.3. The van der Waals surface area contributed by atoms with E-state index in [0.717, 1.165) is 38.2 Å². The van der Waals surface area contributed by atoms with Crippen molar-refractivity contribution < 1.29 is 66.4 Å². The van der Waals surface area contributed by atoms with E-state index in [4.69, 9.17) is 68.4 Å². The Kier molecular flexibility index (Phi) is 36.5. The number of carbonyl (C=O) groups is 2. The van der Waals surface area contributed by atoms with E-state index in [-0.39, 0.29) is 13.2 Å². The summed E-state index contributed by atoms with van der Waals surface area (Å²) in [6, 6.07) is 8.26. The lowest BCUT2D eigenvalue weighted by Gasteiger charge is -2.09. The maximum Gasteiger partial charge on any atom is 0.379 e. The van der Waals surface area contributed by atoms with Crippen LogP contribution in [0.3, 0.4) is 0 Å². The van der Waals surface area contributed by atoms with Crippen molar-refractivity contribution in [1.29, 1.82) is 0 Å². The van der Waals surface area contributed by atoms with Gasteiger partial charge in [-0.25, -0.2) is 4.79 Å². The molecule has 15 heteroatoms. The number of benzene rings is 1. The molecule has 0 aliphatic heterocycles. The summed E-state index contributed by atoms with van der Waals surface area (Å²) in [4.78, 5) is 23.6. The van der Waals surface area contributed by atoms with E-state index in [2.05, 4.69) is 0 Å². The zero-order chi connectivity index (χ0) is 36.6. The summed E-state index contributed by atoms with van der Waals surface area (Å²) in [5, 5.41) is 0. The molecule has 0 amide bonds. The Labute approximate surface area is 308 Å². The molecule has 0 saturated heterocycles. The highest BCUT2D eigenvalue weighted by Crippen LogP contribution is 2.02. The van der Waals surface area contributed by atoms with Gasteiger partial charge in [-0.05, 0) is 12.8 Å². The molecule has 14 nitrogen and oxygen atoms in total. The fourth-order valence-corrected chi connectivity index (χ4v) is 4.11. The van der Waals surface area contributed by atoms with E-state index >= 15 is 0 Å². The van der Waals surface area contributed by atoms with Crippen molar-refractivity contribution >= 4 is 23.4 Å². The Morgan fingerprint density at radius 2 is 0.667 bits per heavy atom. The third-order valence-corrected chi connectivity index (χ3v) is 6.84. The number of Topliss-reactive ketones (excluding diaryl/α,β-unsaturated/α-hetero) is 1. The Hall–Kier alpha value is -1.79. The van der Waals surface area contributed by atoms with Gasteiger partial charge in [0, 0.05) is 18.1 Å². The van der Waals surface area contributed by atoms with Gasteiger partial charge in [0.2, 0.25) is 0 Å². The molecule has 1 aromatic carbocycles. The molecule has 51 heavy (non-hydrogen) atoms. The van der Waals surface area contributed by atoms with E-state index in [9.17, 15) is 9.59 Å². The first-order valence-corrected chi connectivity index (χ1v) is 18.5. The molecule has 0 bridgehead atoms. The summed E-state index contributed by atoms with van der Waals surface area (Å²) in [6.07, 6.45) is 4.47. The molecule has 0 N–H and O–H groups in total. The molecule has 0 aromatic heterocycles. The minimum Gasteiger partial charge on any atom is -0.457 e. The topological polar surface area (TPSA) is 145 Å². The van der Waals surface area contributed by atoms with Gasteiger partial charge in [-0.1, -0.05) is 43.2 Å². The zero-order valence-corrected chi connectivity index (χ0v) is 31.0. The van der Waals surface area contributed by atoms with E-state index < -0.39 is 11.8 Å². The molecular weight excluding hydrogens is 692 g/mol. The number of hydrogen-bond acceptors (Lipinski definition) is 14.